The van der Waals surface area contributed by atoms with E-state index in [2.05, 4.69) is 10.2 Å². The van der Waals surface area contributed by atoms with Gasteiger partial charge in [0.2, 0.25) is 0 Å². The summed E-state index contributed by atoms with van der Waals surface area (Å²) >= 11 is 1.67. The Bertz CT molecular complexity index is 437. The Morgan fingerprint density at radius 1 is 1.47 bits per heavy atom. The number of nitrogens with one attached hydrogen (secondary N) is 1. The van der Waals surface area contributed by atoms with Crippen LogP contribution in [-0.2, 0) is 6.42 Å². The molecule has 106 valence electrons. The molecule has 1 amide bonds. The molecule has 0 aromatic heterocycles. The average Bonchev–Trinajstić information content (AvgIpc) is 2.35. The summed E-state index contributed by atoms with van der Waals surface area (Å²) in [7, 11) is 4.06. The molecular weight excluding hydrogens is 306 g/mol. The predicted octanol–water partition coefficient (Wildman–Crippen LogP) is 1.10. The molecule has 1 unspecified atom stereocenters. The van der Waals surface area contributed by atoms with Crippen LogP contribution in [0.25, 0.3) is 0 Å². The number of hydrogen-bond donors (Lipinski definition) is 1. The predicted molar refractivity (Wildman–Crippen MR) is 78.9 cm³/mol. The van der Waals surface area contributed by atoms with Crippen LogP contribution in [0, 0.1) is 5.82 Å². The fourth-order valence-electron chi connectivity index (χ4n) is 1.87. The average molecular weight is 328 g/mol. The molecule has 0 spiro atoms. The van der Waals surface area contributed by atoms with Gasteiger partial charge in [0.05, 0.1) is 0 Å². The molecule has 1 aromatic rings. The molecule has 0 heterocycles. The monoisotopic (exact) mass is 328 g/mol. The zero-order chi connectivity index (χ0) is 14.4. The second-order valence-corrected chi connectivity index (χ2v) is 5.72. The van der Waals surface area contributed by atoms with Crippen molar-refractivity contribution in [2.75, 3.05) is 20.6 Å². The van der Waals surface area contributed by atoms with Crippen LogP contribution in [0.4, 0.5) is 4.39 Å². The van der Waals surface area contributed by atoms with E-state index in [1.807, 2.05) is 27.1 Å². The third-order valence-corrected chi connectivity index (χ3v) is 4.23. The Labute approximate surface area is 123 Å². The van der Waals surface area contributed by atoms with E-state index in [1.165, 1.54) is 6.07 Å². The second kappa shape index (κ2) is 7.66. The van der Waals surface area contributed by atoms with Gasteiger partial charge in [-0.1, -0.05) is 0 Å². The van der Waals surface area contributed by atoms with Crippen LogP contribution in [0.3, 0.4) is 0 Å². The first kappa shape index (κ1) is 16.2. The molecular formula is C14H22AsFN2O. The normalized spacial score (nSPS) is 12.5. The molecule has 1 rings (SSSR count). The molecule has 5 heteroatoms. The SMILES string of the molecule is CCNC(=O)c1ccc(C[C@@H](C[AsH2])N(C)C)cc1F. The van der Waals surface area contributed by atoms with E-state index in [-0.39, 0.29) is 11.5 Å². The third kappa shape index (κ3) is 4.63. The van der Waals surface area contributed by atoms with Crippen molar-refractivity contribution < 1.29 is 9.18 Å². The maximum atomic E-state index is 13.9. The first-order valence-electron chi connectivity index (χ1n) is 6.42. The van der Waals surface area contributed by atoms with Crippen molar-refractivity contribution in [2.45, 2.75) is 24.6 Å². The van der Waals surface area contributed by atoms with Gasteiger partial charge < -0.3 is 0 Å². The molecule has 3 nitrogen and oxygen atoms in total. The minimum absolute atomic E-state index is 0.118. The molecule has 0 saturated heterocycles. The first-order valence-corrected chi connectivity index (χ1v) is 8.14. The Balaban J connectivity index is 2.84. The fraction of sp³-hybridized carbons (Fsp3) is 0.500. The van der Waals surface area contributed by atoms with Gasteiger partial charge in [-0.3, -0.25) is 0 Å². The summed E-state index contributed by atoms with van der Waals surface area (Å²) in [6.45, 7) is 2.31. The molecule has 0 aliphatic rings. The van der Waals surface area contributed by atoms with E-state index < -0.39 is 5.82 Å². The molecule has 19 heavy (non-hydrogen) atoms. The minimum atomic E-state index is -0.442. The van der Waals surface area contributed by atoms with Crippen molar-refractivity contribution >= 4 is 22.8 Å². The van der Waals surface area contributed by atoms with Crippen molar-refractivity contribution in [3.05, 3.63) is 35.1 Å². The van der Waals surface area contributed by atoms with Crippen LogP contribution in [0.15, 0.2) is 18.2 Å². The number of hydrogen-bond acceptors (Lipinski definition) is 2. The van der Waals surface area contributed by atoms with Crippen molar-refractivity contribution in [3.63, 3.8) is 0 Å². The van der Waals surface area contributed by atoms with E-state index in [1.54, 1.807) is 22.9 Å². The van der Waals surface area contributed by atoms with Gasteiger partial charge in [-0.05, 0) is 0 Å². The summed E-state index contributed by atoms with van der Waals surface area (Å²) in [5, 5.41) is 3.68. The number of rotatable bonds is 6. The van der Waals surface area contributed by atoms with Gasteiger partial charge in [-0.2, -0.15) is 0 Å². The van der Waals surface area contributed by atoms with Crippen molar-refractivity contribution in [1.29, 1.82) is 0 Å². The van der Waals surface area contributed by atoms with E-state index in [0.717, 1.165) is 17.2 Å². The first-order chi connectivity index (χ1) is 8.99. The Morgan fingerprint density at radius 2 is 2.16 bits per heavy atom. The molecule has 0 fully saturated rings. The number of benzene rings is 1. The summed E-state index contributed by atoms with van der Waals surface area (Å²) < 4.78 is 13.9. The zero-order valence-electron chi connectivity index (χ0n) is 11.7. The Kier molecular flexibility index (Phi) is 6.53. The van der Waals surface area contributed by atoms with Gasteiger partial charge in [-0.15, -0.1) is 0 Å². The number of likely N-dealkylation sites (N-methyl/N-ethyl adjacent to an activating group) is 1. The number of carbonyl (C=O) groups excluding carboxylic acids is 1. The van der Waals surface area contributed by atoms with Gasteiger partial charge in [0, 0.05) is 0 Å². The fourth-order valence-corrected chi connectivity index (χ4v) is 3.11. The molecule has 0 saturated carbocycles. The third-order valence-electron chi connectivity index (χ3n) is 3.09. The Morgan fingerprint density at radius 3 is 2.63 bits per heavy atom. The Hall–Kier alpha value is -0.862. The van der Waals surface area contributed by atoms with Crippen molar-refractivity contribution in [2.24, 2.45) is 0 Å². The van der Waals surface area contributed by atoms with Crippen molar-refractivity contribution in [1.82, 2.24) is 10.2 Å². The number of halogens is 1. The van der Waals surface area contributed by atoms with E-state index in [9.17, 15) is 9.18 Å². The number of amides is 1. The van der Waals surface area contributed by atoms with E-state index in [4.69, 9.17) is 0 Å². The summed E-state index contributed by atoms with van der Waals surface area (Å²) in [6.07, 6.45) is 0.803. The molecule has 0 bridgehead atoms. The van der Waals surface area contributed by atoms with Crippen LogP contribution >= 0.6 is 0 Å². The summed E-state index contributed by atoms with van der Waals surface area (Å²) in [5.41, 5.74) is 1.05. The van der Waals surface area contributed by atoms with Gasteiger partial charge in [0.15, 0.2) is 0 Å². The molecule has 1 aromatic carbocycles. The van der Waals surface area contributed by atoms with Gasteiger partial charge >= 0.3 is 123 Å². The van der Waals surface area contributed by atoms with Crippen LogP contribution in [0.5, 0.6) is 0 Å². The quantitative estimate of drug-likeness (QED) is 0.793. The number of nitrogens with zero attached hydrogens (tertiary/aromatic N) is 1. The van der Waals surface area contributed by atoms with Crippen molar-refractivity contribution in [3.8, 4) is 0 Å². The maximum absolute atomic E-state index is 13.9. The second-order valence-electron chi connectivity index (χ2n) is 4.73. The van der Waals surface area contributed by atoms with Crippen LogP contribution in [0.1, 0.15) is 22.8 Å². The van der Waals surface area contributed by atoms with E-state index in [0.29, 0.717) is 12.6 Å². The topological polar surface area (TPSA) is 32.3 Å². The van der Waals surface area contributed by atoms with Gasteiger partial charge in [0.1, 0.15) is 0 Å². The van der Waals surface area contributed by atoms with Gasteiger partial charge in [-0.25, -0.2) is 0 Å². The summed E-state index contributed by atoms with van der Waals surface area (Å²) in [4.78, 5) is 13.8. The molecule has 2 atom stereocenters. The van der Waals surface area contributed by atoms with Crippen LogP contribution < -0.4 is 5.32 Å². The zero-order valence-corrected chi connectivity index (χ0v) is 14.2. The molecule has 0 aliphatic carbocycles. The van der Waals surface area contributed by atoms with Crippen LogP contribution in [-0.4, -0.2) is 54.3 Å². The van der Waals surface area contributed by atoms with E-state index >= 15 is 0 Å². The standard InChI is InChI=1S/C14H22AsFN2O/c1-4-17-14(19)12-6-5-10(8-13(12)16)7-11(9-15)18(2)3/h5-6,8,11H,4,7,9,15H2,1-3H3,(H,17,19)/t11-/m0/s1. The number of carbonyl (C=O) groups is 1. The molecule has 0 aliphatic heterocycles. The summed E-state index contributed by atoms with van der Waals surface area (Å²) in [6, 6.07) is 5.30. The summed E-state index contributed by atoms with van der Waals surface area (Å²) in [5.74, 6) is -0.794. The molecule has 0 radical (unpaired) electrons. The van der Waals surface area contributed by atoms with Gasteiger partial charge in [0.25, 0.3) is 0 Å². The molecule has 1 N–H and O–H groups in total. The van der Waals surface area contributed by atoms with Crippen LogP contribution in [0.2, 0.25) is 5.21 Å².